The maximum Gasteiger partial charge on any atom is 0.236 e. The number of ether oxygens (including phenoxy) is 2. The van der Waals surface area contributed by atoms with Gasteiger partial charge in [-0.1, -0.05) is 27.7 Å². The van der Waals surface area contributed by atoms with Crippen LogP contribution in [0.1, 0.15) is 98.3 Å². The molecule has 0 aromatic carbocycles. The minimum atomic E-state index is -0.341. The van der Waals surface area contributed by atoms with Crippen molar-refractivity contribution in [3.8, 4) is 0 Å². The summed E-state index contributed by atoms with van der Waals surface area (Å²) in [5, 5.41) is 3.29. The summed E-state index contributed by atoms with van der Waals surface area (Å²) < 4.78 is 13.5. The van der Waals surface area contributed by atoms with Gasteiger partial charge in [0, 0.05) is 58.7 Å². The molecule has 47 heavy (non-hydrogen) atoms. The number of carbonyl (C=O) groups is 3. The molecule has 7 aliphatic rings. The molecular formula is C38H62N4O5. The molecule has 4 aliphatic carbocycles. The van der Waals surface area contributed by atoms with E-state index in [1.165, 1.54) is 44.9 Å². The lowest BCUT2D eigenvalue weighted by atomic mass is 9.44. The van der Waals surface area contributed by atoms with E-state index < -0.39 is 0 Å². The summed E-state index contributed by atoms with van der Waals surface area (Å²) in [6.07, 6.45) is 12.2. The zero-order valence-electron chi connectivity index (χ0n) is 30.1. The van der Waals surface area contributed by atoms with Gasteiger partial charge in [0.25, 0.3) is 0 Å². The summed E-state index contributed by atoms with van der Waals surface area (Å²) >= 11 is 0. The summed E-state index contributed by atoms with van der Waals surface area (Å²) in [7, 11) is 3.53. The van der Waals surface area contributed by atoms with Crippen LogP contribution in [-0.4, -0.2) is 104 Å². The molecule has 0 aromatic heterocycles. The minimum Gasteiger partial charge on any atom is -0.353 e. The standard InChI is InChI=1S/C38H62N4O5/c1-24-9-14-38(46-23-24)25(2)35-31(47-38)20-30-28-8-7-26-19-27(10-12-36(26,3)29(28)11-13-37(30,35)4)39-32(43)21-33(44)42-17-15-41(16-18-42)22-34(45)40(5)6/h24-31,35H,7-23H2,1-6H3,(H,39,43)/t24-,25-,26+,27-,28+,29?,30-,31-,35-,36-,37-,38+/m0/s1. The molecule has 0 aromatic rings. The van der Waals surface area contributed by atoms with Crippen molar-refractivity contribution in [2.45, 2.75) is 116 Å². The van der Waals surface area contributed by atoms with Crippen LogP contribution in [0.15, 0.2) is 0 Å². The van der Waals surface area contributed by atoms with Gasteiger partial charge in [0.1, 0.15) is 6.42 Å². The van der Waals surface area contributed by atoms with E-state index in [1.54, 1.807) is 23.9 Å². The van der Waals surface area contributed by atoms with Crippen LogP contribution in [0.4, 0.5) is 0 Å². The molecule has 9 heteroatoms. The second-order valence-corrected chi connectivity index (χ2v) is 17.8. The normalized spacial score (nSPS) is 46.3. The van der Waals surface area contributed by atoms with E-state index in [9.17, 15) is 14.4 Å². The van der Waals surface area contributed by atoms with E-state index in [2.05, 4.69) is 37.9 Å². The van der Waals surface area contributed by atoms with E-state index in [4.69, 9.17) is 9.47 Å². The highest BCUT2D eigenvalue weighted by Gasteiger charge is 2.69. The van der Waals surface area contributed by atoms with Gasteiger partial charge in [-0.3, -0.25) is 19.3 Å². The predicted molar refractivity (Wildman–Crippen MR) is 180 cm³/mol. The monoisotopic (exact) mass is 654 g/mol. The summed E-state index contributed by atoms with van der Waals surface area (Å²) in [6, 6.07) is 0.169. The number of likely N-dealkylation sites (N-methyl/N-ethyl adjacent to an activating group) is 1. The zero-order chi connectivity index (χ0) is 33.3. The highest BCUT2D eigenvalue weighted by atomic mass is 16.7. The number of rotatable bonds is 5. The lowest BCUT2D eigenvalue weighted by Gasteiger charge is -2.61. The molecule has 3 saturated heterocycles. The van der Waals surface area contributed by atoms with Crippen LogP contribution in [0.2, 0.25) is 0 Å². The van der Waals surface area contributed by atoms with Crippen molar-refractivity contribution < 1.29 is 23.9 Å². The SMILES string of the molecule is C[C@H]1CC[C@@]2(OC1)O[C@H]1C[C@H]3[C@@H]4CC[C@@H]5C[C@@H](NC(=O)CC(=O)N6CCN(CC(=O)N(C)C)CC6)CC[C@]5(C)C4CC[C@]3(C)[C@H]1[C@@H]2C. The number of amides is 3. The average molecular weight is 655 g/mol. The van der Waals surface area contributed by atoms with E-state index in [0.717, 1.165) is 43.6 Å². The quantitative estimate of drug-likeness (QED) is 0.438. The van der Waals surface area contributed by atoms with Crippen LogP contribution < -0.4 is 5.32 Å². The van der Waals surface area contributed by atoms with Gasteiger partial charge in [-0.2, -0.15) is 0 Å². The fourth-order valence-electron chi connectivity index (χ4n) is 12.4. The summed E-state index contributed by atoms with van der Waals surface area (Å²) in [5.41, 5.74) is 0.682. The molecule has 0 radical (unpaired) electrons. The Morgan fingerprint density at radius 2 is 1.62 bits per heavy atom. The van der Waals surface area contributed by atoms with Gasteiger partial charge >= 0.3 is 0 Å². The Balaban J connectivity index is 0.913. The van der Waals surface area contributed by atoms with Crippen molar-refractivity contribution in [2.24, 2.45) is 52.3 Å². The smallest absolute Gasteiger partial charge is 0.236 e. The van der Waals surface area contributed by atoms with Gasteiger partial charge in [-0.15, -0.1) is 0 Å². The maximum absolute atomic E-state index is 13.1. The Morgan fingerprint density at radius 1 is 0.872 bits per heavy atom. The Kier molecular flexibility index (Phi) is 9.03. The molecule has 3 heterocycles. The third-order valence-electron chi connectivity index (χ3n) is 15.2. The minimum absolute atomic E-state index is 0.0749. The first-order chi connectivity index (χ1) is 22.3. The van der Waals surface area contributed by atoms with Gasteiger partial charge in [-0.05, 0) is 104 Å². The molecule has 1 spiro atoms. The zero-order valence-corrected chi connectivity index (χ0v) is 30.1. The average Bonchev–Trinajstić information content (AvgIpc) is 3.48. The van der Waals surface area contributed by atoms with Crippen molar-refractivity contribution in [3.05, 3.63) is 0 Å². The molecule has 1 unspecified atom stereocenters. The lowest BCUT2D eigenvalue weighted by Crippen LogP contribution is -2.56. The predicted octanol–water partition coefficient (Wildman–Crippen LogP) is 4.54. The molecule has 3 aliphatic heterocycles. The lowest BCUT2D eigenvalue weighted by molar-refractivity contribution is -0.273. The van der Waals surface area contributed by atoms with Gasteiger partial charge in [0.15, 0.2) is 5.79 Å². The molecule has 3 amide bonds. The number of piperazine rings is 1. The summed E-state index contributed by atoms with van der Waals surface area (Å²) in [4.78, 5) is 43.6. The van der Waals surface area contributed by atoms with Crippen LogP contribution in [0.25, 0.3) is 0 Å². The molecule has 9 nitrogen and oxygen atoms in total. The summed E-state index contributed by atoms with van der Waals surface area (Å²) in [6.45, 7) is 13.6. The van der Waals surface area contributed by atoms with E-state index in [-0.39, 0.29) is 36.0 Å². The topological polar surface area (TPSA) is 91.4 Å². The molecular weight excluding hydrogens is 592 g/mol. The first-order valence-electron chi connectivity index (χ1n) is 19.1. The highest BCUT2D eigenvalue weighted by Crippen LogP contribution is 2.71. The maximum atomic E-state index is 13.1. The highest BCUT2D eigenvalue weighted by molar-refractivity contribution is 5.97. The Bertz CT molecular complexity index is 1210. The number of nitrogens with one attached hydrogen (secondary N) is 1. The molecule has 7 fully saturated rings. The van der Waals surface area contributed by atoms with Crippen molar-refractivity contribution in [2.75, 3.05) is 53.4 Å². The molecule has 1 N–H and O–H groups in total. The Hall–Kier alpha value is -1.71. The fraction of sp³-hybridized carbons (Fsp3) is 0.921. The Morgan fingerprint density at radius 3 is 2.32 bits per heavy atom. The van der Waals surface area contributed by atoms with E-state index >= 15 is 0 Å². The van der Waals surface area contributed by atoms with E-state index in [0.29, 0.717) is 73.3 Å². The number of fused-ring (bicyclic) bond motifs is 7. The van der Waals surface area contributed by atoms with Crippen molar-refractivity contribution in [1.29, 1.82) is 0 Å². The van der Waals surface area contributed by atoms with E-state index in [1.807, 2.05) is 0 Å². The largest absolute Gasteiger partial charge is 0.353 e. The molecule has 12 atom stereocenters. The number of nitrogens with zero attached hydrogens (tertiary/aromatic N) is 3. The van der Waals surface area contributed by atoms with Gasteiger partial charge in [-0.25, -0.2) is 0 Å². The molecule has 7 rings (SSSR count). The Labute approximate surface area is 283 Å². The van der Waals surface area contributed by atoms with Crippen LogP contribution in [0.3, 0.4) is 0 Å². The summed E-state index contributed by atoms with van der Waals surface area (Å²) in [5.74, 6) is 4.15. The van der Waals surface area contributed by atoms with Crippen molar-refractivity contribution in [1.82, 2.24) is 20.0 Å². The van der Waals surface area contributed by atoms with Crippen LogP contribution in [0.5, 0.6) is 0 Å². The van der Waals surface area contributed by atoms with Crippen LogP contribution in [-0.2, 0) is 23.9 Å². The first kappa shape index (κ1) is 33.8. The third kappa shape index (κ3) is 5.86. The van der Waals surface area contributed by atoms with Gasteiger partial charge < -0.3 is 24.6 Å². The molecule has 264 valence electrons. The fourth-order valence-corrected chi connectivity index (χ4v) is 12.4. The van der Waals surface area contributed by atoms with Crippen molar-refractivity contribution in [3.63, 3.8) is 0 Å². The number of hydrogen-bond donors (Lipinski definition) is 1. The molecule has 0 bridgehead atoms. The molecule has 4 saturated carbocycles. The van der Waals surface area contributed by atoms with Gasteiger partial charge in [0.2, 0.25) is 17.7 Å². The number of hydrogen-bond acceptors (Lipinski definition) is 6. The first-order valence-corrected chi connectivity index (χ1v) is 19.1. The van der Waals surface area contributed by atoms with Gasteiger partial charge in [0.05, 0.1) is 19.3 Å². The van der Waals surface area contributed by atoms with Crippen LogP contribution in [0, 0.1) is 52.3 Å². The second kappa shape index (κ2) is 12.6. The number of carbonyl (C=O) groups excluding carboxylic acids is 3. The van der Waals surface area contributed by atoms with Crippen LogP contribution >= 0.6 is 0 Å². The third-order valence-corrected chi connectivity index (χ3v) is 15.2. The second-order valence-electron chi connectivity index (χ2n) is 17.8. The van der Waals surface area contributed by atoms with Crippen molar-refractivity contribution >= 4 is 17.7 Å².